The Morgan fingerprint density at radius 1 is 1.27 bits per heavy atom. The number of rotatable bonds is 5. The lowest BCUT2D eigenvalue weighted by molar-refractivity contribution is 0.0932. The molecule has 1 unspecified atom stereocenters. The first-order valence-corrected chi connectivity index (χ1v) is 7.73. The van der Waals surface area contributed by atoms with Crippen LogP contribution in [0.25, 0.3) is 11.3 Å². The first-order chi connectivity index (χ1) is 10.7. The molecule has 1 fully saturated rings. The molecule has 0 spiro atoms. The molecule has 0 bridgehead atoms. The highest BCUT2D eigenvalue weighted by molar-refractivity contribution is 5.95. The van der Waals surface area contributed by atoms with E-state index in [1.54, 1.807) is 0 Å². The number of aryl methyl sites for hydroxylation is 1. The van der Waals surface area contributed by atoms with Crippen molar-refractivity contribution < 1.29 is 4.79 Å². The highest BCUT2D eigenvalue weighted by Gasteiger charge is 2.31. The average Bonchev–Trinajstić information content (AvgIpc) is 3.38. The number of nitrogens with one attached hydrogen (secondary N) is 1. The van der Waals surface area contributed by atoms with Crippen molar-refractivity contribution in [2.45, 2.75) is 25.8 Å². The van der Waals surface area contributed by atoms with E-state index in [2.05, 4.69) is 10.3 Å². The van der Waals surface area contributed by atoms with Crippen LogP contribution >= 0.6 is 0 Å². The third kappa shape index (κ3) is 3.17. The SMILES string of the molecule is Cc1nc(-c2ccccc2)ccc1C(=O)NC(CN)C1CC1. The standard InChI is InChI=1S/C18H21N3O/c1-12-15(18(22)21-17(11-19)14-7-8-14)9-10-16(20-12)13-5-3-2-4-6-13/h2-6,9-10,14,17H,7-8,11,19H2,1H3,(H,21,22). The number of carbonyl (C=O) groups is 1. The third-order valence-corrected chi connectivity index (χ3v) is 4.16. The van der Waals surface area contributed by atoms with Gasteiger partial charge >= 0.3 is 0 Å². The molecule has 4 heteroatoms. The average molecular weight is 295 g/mol. The molecular formula is C18H21N3O. The molecule has 1 amide bonds. The monoisotopic (exact) mass is 295 g/mol. The highest BCUT2D eigenvalue weighted by atomic mass is 16.1. The predicted molar refractivity (Wildman–Crippen MR) is 87.4 cm³/mol. The molecule has 0 radical (unpaired) electrons. The summed E-state index contributed by atoms with van der Waals surface area (Å²) >= 11 is 0. The number of hydrogen-bond acceptors (Lipinski definition) is 3. The largest absolute Gasteiger partial charge is 0.348 e. The minimum atomic E-state index is -0.0769. The van der Waals surface area contributed by atoms with Crippen LogP contribution in [0.4, 0.5) is 0 Å². The van der Waals surface area contributed by atoms with Gasteiger partial charge in [-0.05, 0) is 37.8 Å². The quantitative estimate of drug-likeness (QED) is 0.890. The van der Waals surface area contributed by atoms with E-state index >= 15 is 0 Å². The fourth-order valence-electron chi connectivity index (χ4n) is 2.68. The van der Waals surface area contributed by atoms with Crippen LogP contribution in [0, 0.1) is 12.8 Å². The number of amides is 1. The van der Waals surface area contributed by atoms with Gasteiger partial charge in [-0.3, -0.25) is 9.78 Å². The molecule has 4 nitrogen and oxygen atoms in total. The number of nitrogens with zero attached hydrogens (tertiary/aromatic N) is 1. The summed E-state index contributed by atoms with van der Waals surface area (Å²) in [6.45, 7) is 2.36. The zero-order valence-corrected chi connectivity index (χ0v) is 12.8. The zero-order valence-electron chi connectivity index (χ0n) is 12.8. The summed E-state index contributed by atoms with van der Waals surface area (Å²) in [7, 11) is 0. The van der Waals surface area contributed by atoms with Gasteiger partial charge in [0.1, 0.15) is 0 Å². The van der Waals surface area contributed by atoms with Gasteiger partial charge in [0.15, 0.2) is 0 Å². The number of hydrogen-bond donors (Lipinski definition) is 2. The molecule has 1 aliphatic carbocycles. The Hall–Kier alpha value is -2.20. The first-order valence-electron chi connectivity index (χ1n) is 7.73. The van der Waals surface area contributed by atoms with Crippen LogP contribution in [0.15, 0.2) is 42.5 Å². The van der Waals surface area contributed by atoms with Crippen LogP contribution in [-0.2, 0) is 0 Å². The fourth-order valence-corrected chi connectivity index (χ4v) is 2.68. The van der Waals surface area contributed by atoms with Gasteiger partial charge in [-0.25, -0.2) is 0 Å². The summed E-state index contributed by atoms with van der Waals surface area (Å²) in [5.41, 5.74) is 9.05. The van der Waals surface area contributed by atoms with E-state index in [4.69, 9.17) is 5.73 Å². The van der Waals surface area contributed by atoms with E-state index < -0.39 is 0 Å². The lowest BCUT2D eigenvalue weighted by Crippen LogP contribution is -2.42. The maximum Gasteiger partial charge on any atom is 0.253 e. The first kappa shape index (κ1) is 14.7. The van der Waals surface area contributed by atoms with Crippen molar-refractivity contribution in [3.05, 3.63) is 53.7 Å². The number of nitrogens with two attached hydrogens (primary N) is 1. The van der Waals surface area contributed by atoms with Crippen molar-refractivity contribution in [2.24, 2.45) is 11.7 Å². The molecule has 0 saturated heterocycles. The van der Waals surface area contributed by atoms with Gasteiger partial charge < -0.3 is 11.1 Å². The van der Waals surface area contributed by atoms with Crippen LogP contribution in [0.2, 0.25) is 0 Å². The minimum absolute atomic E-state index is 0.0769. The van der Waals surface area contributed by atoms with Crippen LogP contribution in [0.1, 0.15) is 28.9 Å². The Labute approximate surface area is 130 Å². The summed E-state index contributed by atoms with van der Waals surface area (Å²) in [6, 6.07) is 13.8. The van der Waals surface area contributed by atoms with Crippen LogP contribution < -0.4 is 11.1 Å². The summed E-state index contributed by atoms with van der Waals surface area (Å²) < 4.78 is 0. The van der Waals surface area contributed by atoms with E-state index in [9.17, 15) is 4.79 Å². The summed E-state index contributed by atoms with van der Waals surface area (Å²) in [6.07, 6.45) is 2.32. The van der Waals surface area contributed by atoms with Crippen molar-refractivity contribution in [2.75, 3.05) is 6.54 Å². The summed E-state index contributed by atoms with van der Waals surface area (Å²) in [5.74, 6) is 0.470. The Morgan fingerprint density at radius 2 is 2.00 bits per heavy atom. The molecule has 1 aromatic heterocycles. The Bertz CT molecular complexity index is 665. The summed E-state index contributed by atoms with van der Waals surface area (Å²) in [4.78, 5) is 17.0. The molecule has 114 valence electrons. The number of aromatic nitrogens is 1. The van der Waals surface area contributed by atoms with E-state index in [1.807, 2.05) is 49.4 Å². The van der Waals surface area contributed by atoms with E-state index in [-0.39, 0.29) is 11.9 Å². The van der Waals surface area contributed by atoms with Crippen molar-refractivity contribution in [1.29, 1.82) is 0 Å². The predicted octanol–water partition coefficient (Wildman–Crippen LogP) is 2.52. The van der Waals surface area contributed by atoms with Gasteiger partial charge in [0, 0.05) is 18.2 Å². The molecule has 1 aliphatic rings. The Balaban J connectivity index is 1.78. The molecule has 3 N–H and O–H groups in total. The van der Waals surface area contributed by atoms with Crippen LogP contribution in [0.5, 0.6) is 0 Å². The number of pyridine rings is 1. The lowest BCUT2D eigenvalue weighted by atomic mass is 10.1. The highest BCUT2D eigenvalue weighted by Crippen LogP contribution is 2.32. The molecule has 3 rings (SSSR count). The molecule has 0 aliphatic heterocycles. The van der Waals surface area contributed by atoms with Crippen molar-refractivity contribution in [3.8, 4) is 11.3 Å². The van der Waals surface area contributed by atoms with Gasteiger partial charge in [-0.15, -0.1) is 0 Å². The molecular weight excluding hydrogens is 274 g/mol. The summed E-state index contributed by atoms with van der Waals surface area (Å²) in [5, 5.41) is 3.04. The second kappa shape index (κ2) is 6.28. The molecule has 1 aromatic carbocycles. The maximum absolute atomic E-state index is 12.4. The number of benzene rings is 1. The molecule has 1 saturated carbocycles. The van der Waals surface area contributed by atoms with Gasteiger partial charge in [-0.1, -0.05) is 30.3 Å². The van der Waals surface area contributed by atoms with E-state index in [1.165, 1.54) is 0 Å². The minimum Gasteiger partial charge on any atom is -0.348 e. The second-order valence-electron chi connectivity index (χ2n) is 5.85. The fraction of sp³-hybridized carbons (Fsp3) is 0.333. The molecule has 1 atom stereocenters. The zero-order chi connectivity index (χ0) is 15.5. The van der Waals surface area contributed by atoms with Crippen LogP contribution in [-0.4, -0.2) is 23.5 Å². The molecule has 1 heterocycles. The van der Waals surface area contributed by atoms with Crippen molar-refractivity contribution >= 4 is 5.91 Å². The van der Waals surface area contributed by atoms with Gasteiger partial charge in [0.2, 0.25) is 0 Å². The van der Waals surface area contributed by atoms with E-state index in [0.29, 0.717) is 18.0 Å². The van der Waals surface area contributed by atoms with Gasteiger partial charge in [0.25, 0.3) is 5.91 Å². The Morgan fingerprint density at radius 3 is 2.59 bits per heavy atom. The van der Waals surface area contributed by atoms with Gasteiger partial charge in [0.05, 0.1) is 17.0 Å². The number of carbonyl (C=O) groups excluding carboxylic acids is 1. The van der Waals surface area contributed by atoms with E-state index in [0.717, 1.165) is 29.8 Å². The topological polar surface area (TPSA) is 68.0 Å². The third-order valence-electron chi connectivity index (χ3n) is 4.16. The Kier molecular flexibility index (Phi) is 4.20. The lowest BCUT2D eigenvalue weighted by Gasteiger charge is -2.17. The van der Waals surface area contributed by atoms with Gasteiger partial charge in [-0.2, -0.15) is 0 Å². The van der Waals surface area contributed by atoms with Crippen molar-refractivity contribution in [3.63, 3.8) is 0 Å². The smallest absolute Gasteiger partial charge is 0.253 e. The molecule has 22 heavy (non-hydrogen) atoms. The normalized spacial score (nSPS) is 15.4. The van der Waals surface area contributed by atoms with Crippen molar-refractivity contribution in [1.82, 2.24) is 10.3 Å². The maximum atomic E-state index is 12.4. The van der Waals surface area contributed by atoms with Crippen LogP contribution in [0.3, 0.4) is 0 Å². The molecule has 2 aromatic rings. The second-order valence-corrected chi connectivity index (χ2v) is 5.85.